The Bertz CT molecular complexity index is 743. The van der Waals surface area contributed by atoms with E-state index < -0.39 is 0 Å². The molecule has 0 saturated carbocycles. The fourth-order valence-electron chi connectivity index (χ4n) is 1.98. The molecule has 1 aromatic heterocycles. The number of aromatic nitrogens is 1. The Kier molecular flexibility index (Phi) is 4.27. The number of benzene rings is 2. The van der Waals surface area contributed by atoms with E-state index in [9.17, 15) is 0 Å². The van der Waals surface area contributed by atoms with Crippen molar-refractivity contribution < 1.29 is 4.74 Å². The van der Waals surface area contributed by atoms with E-state index in [1.165, 1.54) is 11.3 Å². The van der Waals surface area contributed by atoms with Crippen molar-refractivity contribution in [3.63, 3.8) is 0 Å². The molecule has 0 saturated heterocycles. The highest BCUT2D eigenvalue weighted by molar-refractivity contribution is 7.22. The number of nitrogens with zero attached hydrogens (tertiary/aromatic N) is 1. The molecule has 0 aliphatic carbocycles. The Morgan fingerprint density at radius 2 is 2.00 bits per heavy atom. The molecule has 2 aromatic carbocycles. The number of anilines is 2. The molecule has 0 bridgehead atoms. The third kappa shape index (κ3) is 3.12. The molecule has 1 heterocycles. The lowest BCUT2D eigenvalue weighted by Crippen LogP contribution is -1.95. The summed E-state index contributed by atoms with van der Waals surface area (Å²) in [5.41, 5.74) is 1.82. The molecule has 21 heavy (non-hydrogen) atoms. The van der Waals surface area contributed by atoms with Crippen LogP contribution in [-0.4, -0.2) is 11.6 Å². The third-order valence-corrected chi connectivity index (χ3v) is 4.38. The monoisotopic (exact) mass is 318 g/mol. The zero-order chi connectivity index (χ0) is 14.7. The van der Waals surface area contributed by atoms with Gasteiger partial charge in [-0.1, -0.05) is 48.1 Å². The third-order valence-electron chi connectivity index (χ3n) is 2.95. The van der Waals surface area contributed by atoms with Crippen LogP contribution in [0.5, 0.6) is 5.75 Å². The van der Waals surface area contributed by atoms with E-state index in [4.69, 9.17) is 16.3 Å². The lowest BCUT2D eigenvalue weighted by Gasteiger charge is -2.05. The van der Waals surface area contributed by atoms with E-state index in [1.807, 2.05) is 42.5 Å². The number of para-hydroxylation sites is 1. The number of rotatable bonds is 5. The van der Waals surface area contributed by atoms with Crippen LogP contribution >= 0.6 is 22.9 Å². The smallest absolute Gasteiger partial charge is 0.188 e. The SMILES string of the molecule is CCCOc1ccc(Cl)c2sc(Nc3ccccc3)nc12. The summed E-state index contributed by atoms with van der Waals surface area (Å²) in [6, 6.07) is 13.7. The zero-order valence-corrected chi connectivity index (χ0v) is 13.2. The second-order valence-corrected chi connectivity index (χ2v) is 5.99. The number of hydrogen-bond donors (Lipinski definition) is 1. The van der Waals surface area contributed by atoms with E-state index >= 15 is 0 Å². The number of fused-ring (bicyclic) bond motifs is 1. The summed E-state index contributed by atoms with van der Waals surface area (Å²) in [7, 11) is 0. The summed E-state index contributed by atoms with van der Waals surface area (Å²) < 4.78 is 6.69. The predicted octanol–water partition coefficient (Wildman–Crippen LogP) is 5.48. The van der Waals surface area contributed by atoms with Crippen LogP contribution in [0, 0.1) is 0 Å². The van der Waals surface area contributed by atoms with Crippen LogP contribution in [0.1, 0.15) is 13.3 Å². The van der Waals surface area contributed by atoms with Crippen LogP contribution < -0.4 is 10.1 Å². The van der Waals surface area contributed by atoms with Crippen molar-refractivity contribution in [1.82, 2.24) is 4.98 Å². The van der Waals surface area contributed by atoms with Crippen molar-refractivity contribution >= 4 is 44.0 Å². The first-order valence-electron chi connectivity index (χ1n) is 6.82. The average Bonchev–Trinajstić information content (AvgIpc) is 2.92. The molecule has 108 valence electrons. The standard InChI is InChI=1S/C16H15ClN2OS/c1-2-10-20-13-9-8-12(17)15-14(13)19-16(21-15)18-11-6-4-3-5-7-11/h3-9H,2,10H2,1H3,(H,18,19). The Hall–Kier alpha value is -1.78. The van der Waals surface area contributed by atoms with Gasteiger partial charge in [-0.15, -0.1) is 0 Å². The number of hydrogen-bond acceptors (Lipinski definition) is 4. The molecule has 3 aromatic rings. The van der Waals surface area contributed by atoms with Crippen LogP contribution in [0.4, 0.5) is 10.8 Å². The molecule has 0 aliphatic rings. The Morgan fingerprint density at radius 3 is 2.76 bits per heavy atom. The van der Waals surface area contributed by atoms with Crippen LogP contribution in [0.25, 0.3) is 10.2 Å². The Morgan fingerprint density at radius 1 is 1.19 bits per heavy atom. The fraction of sp³-hybridized carbons (Fsp3) is 0.188. The molecule has 3 rings (SSSR count). The normalized spacial score (nSPS) is 10.8. The lowest BCUT2D eigenvalue weighted by molar-refractivity contribution is 0.320. The summed E-state index contributed by atoms with van der Waals surface area (Å²) >= 11 is 7.80. The molecule has 3 nitrogen and oxygen atoms in total. The highest BCUT2D eigenvalue weighted by Crippen LogP contribution is 2.38. The van der Waals surface area contributed by atoms with Crippen molar-refractivity contribution in [2.45, 2.75) is 13.3 Å². The highest BCUT2D eigenvalue weighted by atomic mass is 35.5. The molecular weight excluding hydrogens is 304 g/mol. The average molecular weight is 319 g/mol. The van der Waals surface area contributed by atoms with Gasteiger partial charge in [0.2, 0.25) is 0 Å². The summed E-state index contributed by atoms with van der Waals surface area (Å²) in [6.45, 7) is 2.76. The number of nitrogens with one attached hydrogen (secondary N) is 1. The van der Waals surface area contributed by atoms with Crippen molar-refractivity contribution in [2.24, 2.45) is 0 Å². The van der Waals surface area contributed by atoms with Crippen LogP contribution in [-0.2, 0) is 0 Å². The molecule has 0 amide bonds. The van der Waals surface area contributed by atoms with E-state index in [-0.39, 0.29) is 0 Å². The first kappa shape index (κ1) is 14.2. The number of ether oxygens (including phenoxy) is 1. The van der Waals surface area contributed by atoms with Gasteiger partial charge in [0, 0.05) is 5.69 Å². The maximum absolute atomic E-state index is 6.27. The van der Waals surface area contributed by atoms with Gasteiger partial charge in [0.25, 0.3) is 0 Å². The molecule has 1 N–H and O–H groups in total. The second-order valence-electron chi connectivity index (χ2n) is 4.58. The van der Waals surface area contributed by atoms with Gasteiger partial charge in [0.15, 0.2) is 5.13 Å². The van der Waals surface area contributed by atoms with Crippen molar-refractivity contribution in [3.05, 3.63) is 47.5 Å². The minimum absolute atomic E-state index is 0.676. The van der Waals surface area contributed by atoms with Gasteiger partial charge >= 0.3 is 0 Å². The van der Waals surface area contributed by atoms with Gasteiger partial charge in [-0.05, 0) is 30.7 Å². The first-order valence-corrected chi connectivity index (χ1v) is 8.01. The van der Waals surface area contributed by atoms with Gasteiger partial charge in [-0.25, -0.2) is 4.98 Å². The van der Waals surface area contributed by atoms with Gasteiger partial charge in [-0.2, -0.15) is 0 Å². The topological polar surface area (TPSA) is 34.1 Å². The summed E-state index contributed by atoms with van der Waals surface area (Å²) in [5, 5.41) is 4.81. The van der Waals surface area contributed by atoms with E-state index in [1.54, 1.807) is 0 Å². The molecular formula is C16H15ClN2OS. The van der Waals surface area contributed by atoms with Crippen molar-refractivity contribution in [3.8, 4) is 5.75 Å². The molecule has 0 spiro atoms. The molecule has 5 heteroatoms. The van der Waals surface area contributed by atoms with Crippen LogP contribution in [0.3, 0.4) is 0 Å². The van der Waals surface area contributed by atoms with Crippen molar-refractivity contribution in [2.75, 3.05) is 11.9 Å². The van der Waals surface area contributed by atoms with E-state index in [0.29, 0.717) is 11.6 Å². The summed E-state index contributed by atoms with van der Waals surface area (Å²) in [6.07, 6.45) is 0.962. The predicted molar refractivity (Wildman–Crippen MR) is 90.1 cm³/mol. The molecule has 0 fully saturated rings. The van der Waals surface area contributed by atoms with E-state index in [2.05, 4.69) is 17.2 Å². The number of thiazole rings is 1. The van der Waals surface area contributed by atoms with E-state index in [0.717, 1.165) is 33.2 Å². The maximum Gasteiger partial charge on any atom is 0.188 e. The molecule has 0 aliphatic heterocycles. The Balaban J connectivity index is 1.96. The number of halogens is 1. The summed E-state index contributed by atoms with van der Waals surface area (Å²) in [4.78, 5) is 4.62. The van der Waals surface area contributed by atoms with Crippen LogP contribution in [0.15, 0.2) is 42.5 Å². The van der Waals surface area contributed by atoms with Gasteiger partial charge in [-0.3, -0.25) is 0 Å². The summed E-state index contributed by atoms with van der Waals surface area (Å²) in [5.74, 6) is 0.786. The highest BCUT2D eigenvalue weighted by Gasteiger charge is 2.12. The van der Waals surface area contributed by atoms with Gasteiger partial charge in [0.1, 0.15) is 11.3 Å². The first-order chi connectivity index (χ1) is 10.3. The molecule has 0 unspecified atom stereocenters. The minimum atomic E-state index is 0.676. The van der Waals surface area contributed by atoms with Gasteiger partial charge in [0.05, 0.1) is 16.3 Å². The zero-order valence-electron chi connectivity index (χ0n) is 11.6. The molecule has 0 atom stereocenters. The fourth-order valence-corrected chi connectivity index (χ4v) is 3.16. The largest absolute Gasteiger partial charge is 0.491 e. The van der Waals surface area contributed by atoms with Gasteiger partial charge < -0.3 is 10.1 Å². The quantitative estimate of drug-likeness (QED) is 0.676. The van der Waals surface area contributed by atoms with Crippen molar-refractivity contribution in [1.29, 1.82) is 0 Å². The second kappa shape index (κ2) is 6.33. The Labute approximate surface area is 132 Å². The lowest BCUT2D eigenvalue weighted by atomic mass is 10.3. The molecule has 0 radical (unpaired) electrons. The van der Waals surface area contributed by atoms with Crippen LogP contribution in [0.2, 0.25) is 5.02 Å². The minimum Gasteiger partial charge on any atom is -0.491 e. The maximum atomic E-state index is 6.27.